The van der Waals surface area contributed by atoms with Crippen molar-refractivity contribution in [2.75, 3.05) is 38.8 Å². The highest BCUT2D eigenvalue weighted by Gasteiger charge is 2.32. The standard InChI is InChI=1S/C22H26N2O4/c1-14-13-24(9-8-23-14)16-5-4-15-10-19(22(25)28-20(15)11-16)18-7-6-17(26-2)12-21(18)27-3/h4-7,11-12,14,19,23H,8-10,13H2,1-3H3/t14-,19?/m0/s1. The van der Waals surface area contributed by atoms with Crippen molar-refractivity contribution in [1.82, 2.24) is 5.32 Å². The fourth-order valence-corrected chi connectivity index (χ4v) is 4.00. The molecule has 2 atom stereocenters. The Labute approximate surface area is 165 Å². The number of fused-ring (bicyclic) bond motifs is 1. The summed E-state index contributed by atoms with van der Waals surface area (Å²) in [6.07, 6.45) is 0.592. The molecule has 2 heterocycles. The van der Waals surface area contributed by atoms with Crippen LogP contribution in [0.1, 0.15) is 24.0 Å². The number of esters is 1. The molecule has 2 aromatic carbocycles. The number of nitrogens with zero attached hydrogens (tertiary/aromatic N) is 1. The average molecular weight is 382 g/mol. The molecule has 1 N–H and O–H groups in total. The maximum absolute atomic E-state index is 12.8. The number of methoxy groups -OCH3 is 2. The van der Waals surface area contributed by atoms with Crippen LogP contribution in [-0.4, -0.2) is 45.9 Å². The smallest absolute Gasteiger partial charge is 0.319 e. The summed E-state index contributed by atoms with van der Waals surface area (Å²) in [4.78, 5) is 15.1. The van der Waals surface area contributed by atoms with Gasteiger partial charge < -0.3 is 24.4 Å². The number of rotatable bonds is 4. The minimum absolute atomic E-state index is 0.248. The van der Waals surface area contributed by atoms with E-state index in [1.807, 2.05) is 18.2 Å². The quantitative estimate of drug-likeness (QED) is 0.648. The first-order chi connectivity index (χ1) is 13.6. The number of anilines is 1. The SMILES string of the molecule is COc1ccc(C2Cc3ccc(N4CCN[C@@H](C)C4)cc3OC2=O)c(OC)c1. The lowest BCUT2D eigenvalue weighted by molar-refractivity contribution is -0.137. The van der Waals surface area contributed by atoms with E-state index in [0.29, 0.717) is 29.7 Å². The number of nitrogens with one attached hydrogen (secondary N) is 1. The minimum Gasteiger partial charge on any atom is -0.497 e. The third-order valence-electron chi connectivity index (χ3n) is 5.52. The Kier molecular flexibility index (Phi) is 5.13. The predicted molar refractivity (Wildman–Crippen MR) is 108 cm³/mol. The fourth-order valence-electron chi connectivity index (χ4n) is 4.00. The van der Waals surface area contributed by atoms with E-state index in [9.17, 15) is 4.79 Å². The van der Waals surface area contributed by atoms with Crippen LogP contribution in [0.2, 0.25) is 0 Å². The van der Waals surface area contributed by atoms with E-state index < -0.39 is 5.92 Å². The molecule has 0 aliphatic carbocycles. The van der Waals surface area contributed by atoms with Crippen LogP contribution in [0.15, 0.2) is 36.4 Å². The zero-order chi connectivity index (χ0) is 19.7. The summed E-state index contributed by atoms with van der Waals surface area (Å²) in [5.41, 5.74) is 2.95. The summed E-state index contributed by atoms with van der Waals surface area (Å²) in [5.74, 6) is 1.36. The van der Waals surface area contributed by atoms with Gasteiger partial charge in [-0.15, -0.1) is 0 Å². The van der Waals surface area contributed by atoms with Crippen LogP contribution in [0.5, 0.6) is 17.2 Å². The highest BCUT2D eigenvalue weighted by atomic mass is 16.5. The van der Waals surface area contributed by atoms with Crippen LogP contribution >= 0.6 is 0 Å². The van der Waals surface area contributed by atoms with Gasteiger partial charge in [0.2, 0.25) is 0 Å². The van der Waals surface area contributed by atoms with Gasteiger partial charge in [0.25, 0.3) is 0 Å². The number of carbonyl (C=O) groups is 1. The van der Waals surface area contributed by atoms with Crippen molar-refractivity contribution in [1.29, 1.82) is 0 Å². The summed E-state index contributed by atoms with van der Waals surface area (Å²) >= 11 is 0. The molecule has 4 rings (SSSR count). The minimum atomic E-state index is -0.390. The molecule has 0 amide bonds. The lowest BCUT2D eigenvalue weighted by Gasteiger charge is -2.34. The Hall–Kier alpha value is -2.73. The Morgan fingerprint density at radius 1 is 1.14 bits per heavy atom. The molecular formula is C22H26N2O4. The van der Waals surface area contributed by atoms with Crippen LogP contribution in [0.25, 0.3) is 0 Å². The second-order valence-electron chi connectivity index (χ2n) is 7.38. The van der Waals surface area contributed by atoms with E-state index in [-0.39, 0.29) is 5.97 Å². The number of piperazine rings is 1. The van der Waals surface area contributed by atoms with Gasteiger partial charge >= 0.3 is 5.97 Å². The van der Waals surface area contributed by atoms with Gasteiger partial charge in [0.15, 0.2) is 0 Å². The third kappa shape index (κ3) is 3.52. The fraction of sp³-hybridized carbons (Fsp3) is 0.409. The van der Waals surface area contributed by atoms with Gasteiger partial charge in [-0.05, 0) is 31.0 Å². The summed E-state index contributed by atoms with van der Waals surface area (Å²) in [6.45, 7) is 5.02. The summed E-state index contributed by atoms with van der Waals surface area (Å²) < 4.78 is 16.5. The normalized spacial score (nSPS) is 21.7. The molecule has 28 heavy (non-hydrogen) atoms. The van der Waals surface area contributed by atoms with Gasteiger partial charge in [0.05, 0.1) is 20.1 Å². The molecule has 1 unspecified atom stereocenters. The number of ether oxygens (including phenoxy) is 3. The van der Waals surface area contributed by atoms with Crippen molar-refractivity contribution in [3.05, 3.63) is 47.5 Å². The molecule has 0 bridgehead atoms. The van der Waals surface area contributed by atoms with E-state index in [1.54, 1.807) is 20.3 Å². The molecule has 0 radical (unpaired) electrons. The van der Waals surface area contributed by atoms with Crippen molar-refractivity contribution in [2.24, 2.45) is 0 Å². The van der Waals surface area contributed by atoms with E-state index in [0.717, 1.165) is 36.4 Å². The van der Waals surface area contributed by atoms with Gasteiger partial charge in [-0.1, -0.05) is 12.1 Å². The van der Waals surface area contributed by atoms with Crippen LogP contribution < -0.4 is 24.4 Å². The molecule has 2 aromatic rings. The average Bonchev–Trinajstić information content (AvgIpc) is 2.72. The third-order valence-corrected chi connectivity index (χ3v) is 5.52. The highest BCUT2D eigenvalue weighted by Crippen LogP contribution is 2.39. The van der Waals surface area contributed by atoms with Crippen LogP contribution in [-0.2, 0) is 11.2 Å². The van der Waals surface area contributed by atoms with Gasteiger partial charge in [-0.2, -0.15) is 0 Å². The van der Waals surface area contributed by atoms with Crippen LogP contribution in [0, 0.1) is 0 Å². The first kappa shape index (κ1) is 18.6. The van der Waals surface area contributed by atoms with Crippen molar-refractivity contribution in [3.8, 4) is 17.2 Å². The van der Waals surface area contributed by atoms with Gasteiger partial charge in [-0.3, -0.25) is 4.79 Å². The summed E-state index contributed by atoms with van der Waals surface area (Å²) in [5, 5.41) is 3.45. The Balaban J connectivity index is 1.60. The van der Waals surface area contributed by atoms with Crippen molar-refractivity contribution in [3.63, 3.8) is 0 Å². The molecule has 148 valence electrons. The van der Waals surface area contributed by atoms with Crippen molar-refractivity contribution < 1.29 is 19.0 Å². The maximum atomic E-state index is 12.8. The zero-order valence-corrected chi connectivity index (χ0v) is 16.5. The lowest BCUT2D eigenvalue weighted by atomic mass is 9.89. The van der Waals surface area contributed by atoms with Gasteiger partial charge in [-0.25, -0.2) is 0 Å². The van der Waals surface area contributed by atoms with Gasteiger partial charge in [0, 0.05) is 49.1 Å². The lowest BCUT2D eigenvalue weighted by Crippen LogP contribution is -2.49. The Bertz CT molecular complexity index is 883. The Morgan fingerprint density at radius 3 is 2.75 bits per heavy atom. The predicted octanol–water partition coefficient (Wildman–Crippen LogP) is 2.75. The largest absolute Gasteiger partial charge is 0.497 e. The molecule has 2 aliphatic heterocycles. The van der Waals surface area contributed by atoms with E-state index >= 15 is 0 Å². The number of carbonyl (C=O) groups excluding carboxylic acids is 1. The summed E-state index contributed by atoms with van der Waals surface area (Å²) in [6, 6.07) is 12.2. The zero-order valence-electron chi connectivity index (χ0n) is 16.5. The second kappa shape index (κ2) is 7.72. The molecule has 1 fully saturated rings. The molecule has 0 aromatic heterocycles. The van der Waals surface area contributed by atoms with Crippen molar-refractivity contribution in [2.45, 2.75) is 25.3 Å². The molecule has 6 nitrogen and oxygen atoms in total. The molecule has 2 aliphatic rings. The first-order valence-electron chi connectivity index (χ1n) is 9.64. The van der Waals surface area contributed by atoms with Gasteiger partial charge in [0.1, 0.15) is 17.2 Å². The molecular weight excluding hydrogens is 356 g/mol. The van der Waals surface area contributed by atoms with Crippen LogP contribution in [0.3, 0.4) is 0 Å². The van der Waals surface area contributed by atoms with E-state index in [4.69, 9.17) is 14.2 Å². The topological polar surface area (TPSA) is 60.0 Å². The Morgan fingerprint density at radius 2 is 2.00 bits per heavy atom. The second-order valence-corrected chi connectivity index (χ2v) is 7.38. The summed E-state index contributed by atoms with van der Waals surface area (Å²) in [7, 11) is 3.21. The molecule has 1 saturated heterocycles. The molecule has 6 heteroatoms. The monoisotopic (exact) mass is 382 g/mol. The number of hydrogen-bond donors (Lipinski definition) is 1. The number of benzene rings is 2. The maximum Gasteiger partial charge on any atom is 0.319 e. The van der Waals surface area contributed by atoms with Crippen molar-refractivity contribution >= 4 is 11.7 Å². The molecule has 0 saturated carbocycles. The number of hydrogen-bond acceptors (Lipinski definition) is 6. The van der Waals surface area contributed by atoms with E-state index in [2.05, 4.69) is 29.3 Å². The molecule has 0 spiro atoms. The van der Waals surface area contributed by atoms with E-state index in [1.165, 1.54) is 0 Å². The first-order valence-corrected chi connectivity index (χ1v) is 9.64. The van der Waals surface area contributed by atoms with Crippen LogP contribution in [0.4, 0.5) is 5.69 Å². The highest BCUT2D eigenvalue weighted by molar-refractivity contribution is 5.84.